The molecule has 174 valence electrons. The van der Waals surface area contributed by atoms with Crippen LogP contribution in [0.15, 0.2) is 47.5 Å². The van der Waals surface area contributed by atoms with Crippen molar-refractivity contribution in [1.29, 1.82) is 0 Å². The summed E-state index contributed by atoms with van der Waals surface area (Å²) in [7, 11) is -0.270. The molecule has 1 aliphatic carbocycles. The Bertz CT molecular complexity index is 1020. The number of aromatic nitrogens is 1. The Morgan fingerprint density at radius 1 is 1.16 bits per heavy atom. The van der Waals surface area contributed by atoms with E-state index in [2.05, 4.69) is 10.3 Å². The van der Waals surface area contributed by atoms with Crippen molar-refractivity contribution in [1.82, 2.24) is 15.2 Å². The van der Waals surface area contributed by atoms with Gasteiger partial charge in [-0.05, 0) is 63.3 Å². The molecule has 0 spiro atoms. The van der Waals surface area contributed by atoms with Gasteiger partial charge in [0.15, 0.2) is 0 Å². The van der Waals surface area contributed by atoms with Crippen LogP contribution in [0.2, 0.25) is 5.15 Å². The van der Waals surface area contributed by atoms with Gasteiger partial charge in [-0.3, -0.25) is 9.10 Å². The minimum Gasteiger partial charge on any atom is -0.351 e. The van der Waals surface area contributed by atoms with E-state index in [4.69, 9.17) is 11.6 Å². The largest absolute Gasteiger partial charge is 0.351 e. The van der Waals surface area contributed by atoms with Crippen molar-refractivity contribution < 1.29 is 17.6 Å². The lowest BCUT2D eigenvalue weighted by atomic mass is 9.93. The molecule has 32 heavy (non-hydrogen) atoms. The van der Waals surface area contributed by atoms with E-state index >= 15 is 0 Å². The van der Waals surface area contributed by atoms with E-state index in [0.717, 1.165) is 17.1 Å². The Morgan fingerprint density at radius 2 is 1.84 bits per heavy atom. The highest BCUT2D eigenvalue weighted by Gasteiger charge is 2.38. The van der Waals surface area contributed by atoms with Crippen molar-refractivity contribution in [2.75, 3.05) is 31.5 Å². The SMILES string of the molecule is CN(C)CCNC(=O)c1ccc(N(C2CCCCC2F)S(=O)(=O)c2ccc(Cl)nc2)cc1. The van der Waals surface area contributed by atoms with Crippen LogP contribution in [0.4, 0.5) is 10.1 Å². The van der Waals surface area contributed by atoms with Gasteiger partial charge in [-0.25, -0.2) is 17.8 Å². The topological polar surface area (TPSA) is 82.6 Å². The highest BCUT2D eigenvalue weighted by molar-refractivity contribution is 7.92. The number of rotatable bonds is 8. The summed E-state index contributed by atoms with van der Waals surface area (Å²) in [6.07, 6.45) is 2.07. The lowest BCUT2D eigenvalue weighted by molar-refractivity contribution is 0.0951. The van der Waals surface area contributed by atoms with Crippen molar-refractivity contribution in [3.8, 4) is 0 Å². The van der Waals surface area contributed by atoms with Crippen molar-refractivity contribution >= 4 is 33.2 Å². The van der Waals surface area contributed by atoms with Gasteiger partial charge in [-0.2, -0.15) is 0 Å². The maximum Gasteiger partial charge on any atom is 0.266 e. The first-order valence-electron chi connectivity index (χ1n) is 10.5. The van der Waals surface area contributed by atoms with E-state index in [0.29, 0.717) is 37.2 Å². The first-order valence-corrected chi connectivity index (χ1v) is 12.3. The molecule has 1 heterocycles. The normalized spacial score (nSPS) is 19.0. The predicted molar refractivity (Wildman–Crippen MR) is 123 cm³/mol. The number of anilines is 1. The van der Waals surface area contributed by atoms with Crippen molar-refractivity contribution in [3.63, 3.8) is 0 Å². The molecule has 0 saturated heterocycles. The molecule has 0 radical (unpaired) electrons. The van der Waals surface area contributed by atoms with Crippen LogP contribution < -0.4 is 9.62 Å². The fourth-order valence-corrected chi connectivity index (χ4v) is 5.48. The number of benzene rings is 1. The van der Waals surface area contributed by atoms with Gasteiger partial charge in [0.05, 0.1) is 11.7 Å². The molecule has 1 aliphatic rings. The summed E-state index contributed by atoms with van der Waals surface area (Å²) in [4.78, 5) is 18.1. The van der Waals surface area contributed by atoms with Gasteiger partial charge in [-0.1, -0.05) is 24.4 Å². The molecule has 2 aromatic rings. The van der Waals surface area contributed by atoms with Gasteiger partial charge in [0.2, 0.25) is 0 Å². The zero-order valence-electron chi connectivity index (χ0n) is 18.2. The molecule has 1 aromatic carbocycles. The van der Waals surface area contributed by atoms with Crippen molar-refractivity contribution in [2.45, 2.75) is 42.8 Å². The fourth-order valence-electron chi connectivity index (χ4n) is 3.72. The number of amides is 1. The number of hydrogen-bond acceptors (Lipinski definition) is 5. The van der Waals surface area contributed by atoms with Crippen LogP contribution in [0.5, 0.6) is 0 Å². The number of carbonyl (C=O) groups is 1. The first kappa shape index (κ1) is 24.4. The molecule has 1 N–H and O–H groups in total. The molecule has 0 aliphatic heterocycles. The van der Waals surface area contributed by atoms with Crippen molar-refractivity contribution in [3.05, 3.63) is 53.3 Å². The number of alkyl halides is 1. The Hall–Kier alpha value is -2.23. The number of sulfonamides is 1. The van der Waals surface area contributed by atoms with E-state index in [9.17, 15) is 17.6 Å². The fraction of sp³-hybridized carbons (Fsp3) is 0.455. The van der Waals surface area contributed by atoms with Gasteiger partial charge in [-0.15, -0.1) is 0 Å². The van der Waals surface area contributed by atoms with Crippen LogP contribution in [-0.2, 0) is 10.0 Å². The Labute approximate surface area is 193 Å². The summed E-state index contributed by atoms with van der Waals surface area (Å²) in [6, 6.07) is 8.12. The molecule has 2 atom stereocenters. The molecular weight excluding hydrogens is 455 g/mol. The summed E-state index contributed by atoms with van der Waals surface area (Å²) in [6.45, 7) is 1.19. The van der Waals surface area contributed by atoms with Crippen molar-refractivity contribution in [2.24, 2.45) is 0 Å². The Kier molecular flexibility index (Phi) is 8.08. The second-order valence-corrected chi connectivity index (χ2v) is 10.3. The Morgan fingerprint density at radius 3 is 2.44 bits per heavy atom. The molecule has 1 amide bonds. The van der Waals surface area contributed by atoms with Crippen LogP contribution >= 0.6 is 11.6 Å². The Balaban J connectivity index is 1.92. The lowest BCUT2D eigenvalue weighted by Crippen LogP contribution is -2.47. The second kappa shape index (κ2) is 10.6. The smallest absolute Gasteiger partial charge is 0.266 e. The van der Waals surface area contributed by atoms with Crippen LogP contribution in [0.1, 0.15) is 36.0 Å². The third kappa shape index (κ3) is 5.76. The van der Waals surface area contributed by atoms with Gasteiger partial charge in [0, 0.05) is 24.8 Å². The van der Waals surface area contributed by atoms with Gasteiger partial charge in [0.25, 0.3) is 15.9 Å². The molecule has 1 aromatic heterocycles. The number of nitrogens with one attached hydrogen (secondary N) is 1. The van der Waals surface area contributed by atoms with Crippen LogP contribution in [0.3, 0.4) is 0 Å². The lowest BCUT2D eigenvalue weighted by Gasteiger charge is -2.37. The molecular formula is C22H28ClFN4O3S. The quantitative estimate of drug-likeness (QED) is 0.582. The standard InChI is InChI=1S/C22H28ClFN4O3S/c1-27(2)14-13-25-22(29)16-7-9-17(10-8-16)28(20-6-4-3-5-19(20)24)32(30,31)18-11-12-21(23)26-15-18/h7-12,15,19-20H,3-6,13-14H2,1-2H3,(H,25,29). The monoisotopic (exact) mass is 482 g/mol. The molecule has 1 saturated carbocycles. The van der Waals surface area contributed by atoms with E-state index in [-0.39, 0.29) is 16.0 Å². The van der Waals surface area contributed by atoms with Gasteiger partial charge >= 0.3 is 0 Å². The first-order chi connectivity index (χ1) is 15.2. The zero-order chi connectivity index (χ0) is 23.3. The number of nitrogens with zero attached hydrogens (tertiary/aromatic N) is 3. The summed E-state index contributed by atoms with van der Waals surface area (Å²) in [5, 5.41) is 2.99. The van der Waals surface area contributed by atoms with Gasteiger partial charge < -0.3 is 10.2 Å². The number of likely N-dealkylation sites (N-methyl/N-ethyl adjacent to an activating group) is 1. The molecule has 10 heteroatoms. The van der Waals surface area contributed by atoms with E-state index in [1.165, 1.54) is 18.3 Å². The average Bonchev–Trinajstić information content (AvgIpc) is 2.75. The highest BCUT2D eigenvalue weighted by Crippen LogP contribution is 2.34. The molecule has 0 bridgehead atoms. The third-order valence-corrected chi connectivity index (χ3v) is 7.49. The minimum atomic E-state index is -4.09. The number of hydrogen-bond donors (Lipinski definition) is 1. The molecule has 1 fully saturated rings. The number of carbonyl (C=O) groups excluding carboxylic acids is 1. The highest BCUT2D eigenvalue weighted by atomic mass is 35.5. The van der Waals surface area contributed by atoms with E-state index < -0.39 is 22.2 Å². The minimum absolute atomic E-state index is 0.0646. The number of pyridine rings is 1. The van der Waals surface area contributed by atoms with Gasteiger partial charge in [0.1, 0.15) is 16.2 Å². The summed E-state index contributed by atoms with van der Waals surface area (Å²) < 4.78 is 43.0. The average molecular weight is 483 g/mol. The maximum absolute atomic E-state index is 14.9. The second-order valence-electron chi connectivity index (χ2n) is 8.09. The van der Waals surface area contributed by atoms with Crippen LogP contribution in [0, 0.1) is 0 Å². The number of halogens is 2. The zero-order valence-corrected chi connectivity index (χ0v) is 19.7. The molecule has 7 nitrogen and oxygen atoms in total. The summed E-state index contributed by atoms with van der Waals surface area (Å²) in [5.41, 5.74) is 0.706. The van der Waals surface area contributed by atoms with Crippen LogP contribution in [0.25, 0.3) is 0 Å². The predicted octanol–water partition coefficient (Wildman–Crippen LogP) is 3.50. The summed E-state index contributed by atoms with van der Waals surface area (Å²) >= 11 is 5.81. The molecule has 2 unspecified atom stereocenters. The summed E-state index contributed by atoms with van der Waals surface area (Å²) in [5.74, 6) is -0.254. The van der Waals surface area contributed by atoms with Crippen LogP contribution in [-0.4, -0.2) is 63.6 Å². The molecule has 3 rings (SSSR count). The van der Waals surface area contributed by atoms with E-state index in [1.807, 2.05) is 19.0 Å². The maximum atomic E-state index is 14.9. The van der Waals surface area contributed by atoms with E-state index in [1.54, 1.807) is 24.3 Å². The third-order valence-electron chi connectivity index (χ3n) is 5.43.